The molecular formula is C20H22N4O. The quantitative estimate of drug-likeness (QED) is 0.738. The number of aromatic nitrogens is 3. The van der Waals surface area contributed by atoms with Crippen LogP contribution in [-0.2, 0) is 6.54 Å². The first-order valence-corrected chi connectivity index (χ1v) is 8.85. The van der Waals surface area contributed by atoms with Crippen molar-refractivity contribution in [3.05, 3.63) is 59.5 Å². The number of aryl methyl sites for hydroxylation is 2. The number of imidazole rings is 1. The number of carbonyl (C=O) groups is 1. The van der Waals surface area contributed by atoms with E-state index in [4.69, 9.17) is 4.98 Å². The predicted molar refractivity (Wildman–Crippen MR) is 97.6 cm³/mol. The number of rotatable bonds is 3. The molecule has 1 atom stereocenters. The second-order valence-electron chi connectivity index (χ2n) is 6.61. The van der Waals surface area contributed by atoms with E-state index in [9.17, 15) is 4.79 Å². The molecule has 2 aromatic heterocycles. The third-order valence-corrected chi connectivity index (χ3v) is 5.07. The van der Waals surface area contributed by atoms with Crippen LogP contribution < -0.4 is 0 Å². The lowest BCUT2D eigenvalue weighted by molar-refractivity contribution is 0.0789. The Balaban J connectivity index is 1.61. The summed E-state index contributed by atoms with van der Waals surface area (Å²) in [6.45, 7) is 6.44. The smallest absolute Gasteiger partial charge is 0.254 e. The van der Waals surface area contributed by atoms with Crippen LogP contribution in [0.5, 0.6) is 0 Å². The molecular weight excluding hydrogens is 312 g/mol. The van der Waals surface area contributed by atoms with E-state index in [0.717, 1.165) is 54.2 Å². The maximum absolute atomic E-state index is 12.9. The zero-order valence-corrected chi connectivity index (χ0v) is 14.6. The first kappa shape index (κ1) is 15.8. The Hall–Kier alpha value is -2.69. The van der Waals surface area contributed by atoms with Gasteiger partial charge in [-0.05, 0) is 44.0 Å². The molecule has 128 valence electrons. The average Bonchev–Trinajstić information content (AvgIpc) is 3.26. The van der Waals surface area contributed by atoms with Crippen LogP contribution in [0, 0.1) is 6.92 Å². The standard InChI is InChI=1S/C20H22N4O/c1-3-24-18(22-17-9-6-11-21-19(17)24)15-10-12-23(13-15)20(25)16-8-5-4-7-14(16)2/h4-9,11,15H,3,10,12-13H2,1-2H3/t15-/m1/s1. The molecule has 0 saturated carbocycles. The molecule has 4 rings (SSSR count). The number of benzene rings is 1. The van der Waals surface area contributed by atoms with E-state index in [1.165, 1.54) is 0 Å². The van der Waals surface area contributed by atoms with E-state index >= 15 is 0 Å². The topological polar surface area (TPSA) is 51.0 Å². The Morgan fingerprint density at radius 3 is 2.88 bits per heavy atom. The van der Waals surface area contributed by atoms with E-state index in [1.807, 2.05) is 54.4 Å². The first-order valence-electron chi connectivity index (χ1n) is 8.85. The van der Waals surface area contributed by atoms with Gasteiger partial charge in [0.15, 0.2) is 5.65 Å². The molecule has 5 nitrogen and oxygen atoms in total. The minimum absolute atomic E-state index is 0.123. The Morgan fingerprint density at radius 1 is 1.24 bits per heavy atom. The molecule has 1 amide bonds. The summed E-state index contributed by atoms with van der Waals surface area (Å²) < 4.78 is 2.18. The van der Waals surface area contributed by atoms with Gasteiger partial charge in [0, 0.05) is 37.3 Å². The SMILES string of the molecule is CCn1c([C@@H]2CCN(C(=O)c3ccccc3C)C2)nc2cccnc21. The van der Waals surface area contributed by atoms with Gasteiger partial charge < -0.3 is 9.47 Å². The van der Waals surface area contributed by atoms with E-state index in [2.05, 4.69) is 16.5 Å². The van der Waals surface area contributed by atoms with Crippen molar-refractivity contribution in [3.8, 4) is 0 Å². The summed E-state index contributed by atoms with van der Waals surface area (Å²) in [7, 11) is 0. The second-order valence-corrected chi connectivity index (χ2v) is 6.61. The monoisotopic (exact) mass is 334 g/mol. The molecule has 1 aliphatic rings. The number of hydrogen-bond acceptors (Lipinski definition) is 3. The number of likely N-dealkylation sites (tertiary alicyclic amines) is 1. The lowest BCUT2D eigenvalue weighted by Crippen LogP contribution is -2.29. The average molecular weight is 334 g/mol. The van der Waals surface area contributed by atoms with E-state index in [0.29, 0.717) is 0 Å². The third-order valence-electron chi connectivity index (χ3n) is 5.07. The van der Waals surface area contributed by atoms with Crippen molar-refractivity contribution in [1.29, 1.82) is 0 Å². The third kappa shape index (κ3) is 2.69. The molecule has 1 saturated heterocycles. The van der Waals surface area contributed by atoms with Gasteiger partial charge in [-0.2, -0.15) is 0 Å². The van der Waals surface area contributed by atoms with Gasteiger partial charge in [0.25, 0.3) is 5.91 Å². The molecule has 1 aromatic carbocycles. The maximum Gasteiger partial charge on any atom is 0.254 e. The molecule has 1 aliphatic heterocycles. The minimum Gasteiger partial charge on any atom is -0.338 e. The van der Waals surface area contributed by atoms with Gasteiger partial charge in [-0.15, -0.1) is 0 Å². The van der Waals surface area contributed by atoms with Gasteiger partial charge in [-0.1, -0.05) is 18.2 Å². The number of hydrogen-bond donors (Lipinski definition) is 0. The minimum atomic E-state index is 0.123. The van der Waals surface area contributed by atoms with Gasteiger partial charge in [0.1, 0.15) is 11.3 Å². The molecule has 3 aromatic rings. The molecule has 0 spiro atoms. The molecule has 0 aliphatic carbocycles. The van der Waals surface area contributed by atoms with Crippen LogP contribution in [-0.4, -0.2) is 38.4 Å². The Morgan fingerprint density at radius 2 is 2.08 bits per heavy atom. The fourth-order valence-corrected chi connectivity index (χ4v) is 3.74. The number of fused-ring (bicyclic) bond motifs is 1. The van der Waals surface area contributed by atoms with Gasteiger partial charge in [-0.3, -0.25) is 4.79 Å². The summed E-state index contributed by atoms with van der Waals surface area (Å²) in [6.07, 6.45) is 2.75. The predicted octanol–water partition coefficient (Wildman–Crippen LogP) is 3.39. The molecule has 5 heteroatoms. The van der Waals surface area contributed by atoms with Crippen LogP contribution in [0.2, 0.25) is 0 Å². The maximum atomic E-state index is 12.9. The normalized spacial score (nSPS) is 17.4. The molecule has 3 heterocycles. The van der Waals surface area contributed by atoms with Crippen molar-refractivity contribution in [2.45, 2.75) is 32.7 Å². The summed E-state index contributed by atoms with van der Waals surface area (Å²) in [6, 6.07) is 11.7. The zero-order chi connectivity index (χ0) is 17.4. The van der Waals surface area contributed by atoms with Gasteiger partial charge in [-0.25, -0.2) is 9.97 Å². The van der Waals surface area contributed by atoms with Crippen LogP contribution in [0.25, 0.3) is 11.2 Å². The van der Waals surface area contributed by atoms with Crippen molar-refractivity contribution in [2.24, 2.45) is 0 Å². The van der Waals surface area contributed by atoms with Crippen molar-refractivity contribution in [3.63, 3.8) is 0 Å². The van der Waals surface area contributed by atoms with Crippen LogP contribution in [0.4, 0.5) is 0 Å². The fraction of sp³-hybridized carbons (Fsp3) is 0.350. The van der Waals surface area contributed by atoms with Gasteiger partial charge in [0.2, 0.25) is 0 Å². The van der Waals surface area contributed by atoms with E-state index in [-0.39, 0.29) is 11.8 Å². The van der Waals surface area contributed by atoms with E-state index in [1.54, 1.807) is 0 Å². The van der Waals surface area contributed by atoms with Crippen LogP contribution in [0.3, 0.4) is 0 Å². The summed E-state index contributed by atoms with van der Waals surface area (Å²) in [4.78, 5) is 24.1. The Bertz CT molecular complexity index is 930. The molecule has 0 bridgehead atoms. The summed E-state index contributed by atoms with van der Waals surface area (Å²) >= 11 is 0. The highest BCUT2D eigenvalue weighted by Crippen LogP contribution is 2.30. The molecule has 1 fully saturated rings. The second kappa shape index (κ2) is 6.31. The molecule has 0 radical (unpaired) electrons. The van der Waals surface area contributed by atoms with Crippen LogP contribution >= 0.6 is 0 Å². The largest absolute Gasteiger partial charge is 0.338 e. The molecule has 0 unspecified atom stereocenters. The Kier molecular flexibility index (Phi) is 3.99. The fourth-order valence-electron chi connectivity index (χ4n) is 3.74. The number of carbonyl (C=O) groups excluding carboxylic acids is 1. The number of nitrogens with zero attached hydrogens (tertiary/aromatic N) is 4. The molecule has 0 N–H and O–H groups in total. The Labute approximate surface area is 147 Å². The summed E-state index contributed by atoms with van der Waals surface area (Å²) in [5, 5.41) is 0. The highest BCUT2D eigenvalue weighted by atomic mass is 16.2. The summed E-state index contributed by atoms with van der Waals surface area (Å²) in [5.74, 6) is 1.44. The summed E-state index contributed by atoms with van der Waals surface area (Å²) in [5.41, 5.74) is 3.70. The highest BCUT2D eigenvalue weighted by Gasteiger charge is 2.31. The zero-order valence-electron chi connectivity index (χ0n) is 14.6. The lowest BCUT2D eigenvalue weighted by Gasteiger charge is -2.18. The van der Waals surface area contributed by atoms with Crippen LogP contribution in [0.1, 0.15) is 41.0 Å². The van der Waals surface area contributed by atoms with E-state index < -0.39 is 0 Å². The van der Waals surface area contributed by atoms with Gasteiger partial charge >= 0.3 is 0 Å². The van der Waals surface area contributed by atoms with Crippen molar-refractivity contribution < 1.29 is 4.79 Å². The van der Waals surface area contributed by atoms with Gasteiger partial charge in [0.05, 0.1) is 0 Å². The molecule has 25 heavy (non-hydrogen) atoms. The first-order chi connectivity index (χ1) is 12.2. The van der Waals surface area contributed by atoms with Crippen molar-refractivity contribution >= 4 is 17.1 Å². The highest BCUT2D eigenvalue weighted by molar-refractivity contribution is 5.95. The lowest BCUT2D eigenvalue weighted by atomic mass is 10.1. The van der Waals surface area contributed by atoms with Crippen molar-refractivity contribution in [2.75, 3.05) is 13.1 Å². The van der Waals surface area contributed by atoms with Crippen LogP contribution in [0.15, 0.2) is 42.6 Å². The van der Waals surface area contributed by atoms with Crippen molar-refractivity contribution in [1.82, 2.24) is 19.4 Å². The number of pyridine rings is 1. The number of amides is 1.